The zero-order chi connectivity index (χ0) is 15.6. The van der Waals surface area contributed by atoms with Crippen LogP contribution in [0.1, 0.15) is 0 Å². The summed E-state index contributed by atoms with van der Waals surface area (Å²) in [4.78, 5) is 4.81. The maximum absolute atomic E-state index is 4.81. The number of hydrogen-bond acceptors (Lipinski definition) is 2. The number of benzene rings is 2. The molecular weight excluding hydrogens is 350 g/mol. The molecule has 4 aromatic rings. The Hall–Kier alpha value is -2.59. The van der Waals surface area contributed by atoms with E-state index >= 15 is 0 Å². The minimum atomic E-state index is 0.914. The average molecular weight is 364 g/mol. The molecule has 112 valence electrons. The SMILES string of the molecule is Brc1ccccc1-c1nc2ccccn2c1Nc1ccccc1. The van der Waals surface area contributed by atoms with Gasteiger partial charge < -0.3 is 5.32 Å². The van der Waals surface area contributed by atoms with E-state index in [1.165, 1.54) is 0 Å². The number of halogens is 1. The van der Waals surface area contributed by atoms with Gasteiger partial charge in [-0.1, -0.05) is 58.4 Å². The molecule has 0 amide bonds. The van der Waals surface area contributed by atoms with Crippen molar-refractivity contribution in [3.63, 3.8) is 0 Å². The first-order valence-electron chi connectivity index (χ1n) is 7.37. The summed E-state index contributed by atoms with van der Waals surface area (Å²) in [5, 5.41) is 3.50. The molecular formula is C19H14BrN3. The monoisotopic (exact) mass is 363 g/mol. The molecule has 1 N–H and O–H groups in total. The molecule has 2 heterocycles. The van der Waals surface area contributed by atoms with Crippen LogP contribution >= 0.6 is 15.9 Å². The summed E-state index contributed by atoms with van der Waals surface area (Å²) in [5.41, 5.74) is 3.94. The highest BCUT2D eigenvalue weighted by Crippen LogP contribution is 2.35. The molecule has 0 unspecified atom stereocenters. The van der Waals surface area contributed by atoms with Crippen LogP contribution in [0.4, 0.5) is 11.5 Å². The lowest BCUT2D eigenvalue weighted by atomic mass is 10.1. The fourth-order valence-corrected chi connectivity index (χ4v) is 3.09. The number of anilines is 2. The highest BCUT2D eigenvalue weighted by Gasteiger charge is 2.15. The summed E-state index contributed by atoms with van der Waals surface area (Å²) >= 11 is 3.63. The molecule has 0 saturated carbocycles. The normalized spacial score (nSPS) is 10.8. The van der Waals surface area contributed by atoms with Crippen molar-refractivity contribution in [3.05, 3.63) is 83.5 Å². The number of hydrogen-bond donors (Lipinski definition) is 1. The van der Waals surface area contributed by atoms with Gasteiger partial charge >= 0.3 is 0 Å². The number of aromatic nitrogens is 2. The van der Waals surface area contributed by atoms with Crippen LogP contribution in [0.15, 0.2) is 83.5 Å². The van der Waals surface area contributed by atoms with Crippen molar-refractivity contribution in [2.24, 2.45) is 0 Å². The van der Waals surface area contributed by atoms with Gasteiger partial charge in [-0.25, -0.2) is 4.98 Å². The maximum Gasteiger partial charge on any atom is 0.143 e. The smallest absolute Gasteiger partial charge is 0.143 e. The van der Waals surface area contributed by atoms with Gasteiger partial charge in [-0.05, 0) is 30.3 Å². The minimum Gasteiger partial charge on any atom is -0.339 e. The Morgan fingerprint density at radius 1 is 0.826 bits per heavy atom. The van der Waals surface area contributed by atoms with Crippen molar-refractivity contribution in [1.29, 1.82) is 0 Å². The Balaban J connectivity index is 1.93. The van der Waals surface area contributed by atoms with Crippen molar-refractivity contribution in [1.82, 2.24) is 9.38 Å². The second kappa shape index (κ2) is 5.89. The first-order valence-corrected chi connectivity index (χ1v) is 8.16. The molecule has 0 bridgehead atoms. The van der Waals surface area contributed by atoms with Crippen LogP contribution in [0.3, 0.4) is 0 Å². The third kappa shape index (κ3) is 2.62. The van der Waals surface area contributed by atoms with Crippen molar-refractivity contribution in [2.75, 3.05) is 5.32 Å². The summed E-state index contributed by atoms with van der Waals surface area (Å²) in [5.74, 6) is 0.957. The number of nitrogens with zero attached hydrogens (tertiary/aromatic N) is 2. The van der Waals surface area contributed by atoms with E-state index < -0.39 is 0 Å². The molecule has 4 rings (SSSR count). The zero-order valence-electron chi connectivity index (χ0n) is 12.3. The van der Waals surface area contributed by atoms with E-state index in [2.05, 4.69) is 31.7 Å². The van der Waals surface area contributed by atoms with E-state index in [0.717, 1.165) is 32.9 Å². The van der Waals surface area contributed by atoms with E-state index in [9.17, 15) is 0 Å². The van der Waals surface area contributed by atoms with Crippen LogP contribution in [0.25, 0.3) is 16.9 Å². The largest absolute Gasteiger partial charge is 0.339 e. The predicted molar refractivity (Wildman–Crippen MR) is 98.1 cm³/mol. The van der Waals surface area contributed by atoms with Gasteiger partial charge in [-0.3, -0.25) is 4.40 Å². The van der Waals surface area contributed by atoms with E-state index in [1.807, 2.05) is 72.9 Å². The van der Waals surface area contributed by atoms with Gasteiger partial charge in [0.25, 0.3) is 0 Å². The van der Waals surface area contributed by atoms with Gasteiger partial charge in [0, 0.05) is 21.9 Å². The third-order valence-electron chi connectivity index (χ3n) is 3.70. The predicted octanol–water partition coefficient (Wildman–Crippen LogP) is 5.51. The van der Waals surface area contributed by atoms with E-state index in [0.29, 0.717) is 0 Å². The van der Waals surface area contributed by atoms with E-state index in [-0.39, 0.29) is 0 Å². The molecule has 0 aliphatic heterocycles. The first kappa shape index (κ1) is 14.0. The Bertz CT molecular complexity index is 961. The molecule has 23 heavy (non-hydrogen) atoms. The van der Waals surface area contributed by atoms with Gasteiger partial charge in [0.1, 0.15) is 17.2 Å². The molecule has 0 saturated heterocycles. The molecule has 0 radical (unpaired) electrons. The Morgan fingerprint density at radius 3 is 2.39 bits per heavy atom. The fraction of sp³-hybridized carbons (Fsp3) is 0. The average Bonchev–Trinajstić information content (AvgIpc) is 2.95. The summed E-state index contributed by atoms with van der Waals surface area (Å²) in [6, 6.07) is 24.3. The van der Waals surface area contributed by atoms with Gasteiger partial charge in [0.2, 0.25) is 0 Å². The van der Waals surface area contributed by atoms with Gasteiger partial charge in [-0.2, -0.15) is 0 Å². The van der Waals surface area contributed by atoms with Crippen LogP contribution in [0, 0.1) is 0 Å². The third-order valence-corrected chi connectivity index (χ3v) is 4.39. The standard InChI is InChI=1S/C19H14BrN3/c20-16-11-5-4-10-15(16)18-19(21-14-8-2-1-3-9-14)23-13-7-6-12-17(23)22-18/h1-13,21H. The number of rotatable bonds is 3. The molecule has 2 aromatic carbocycles. The minimum absolute atomic E-state index is 0.914. The number of imidazole rings is 1. The number of fused-ring (bicyclic) bond motifs is 1. The second-order valence-corrected chi connectivity index (χ2v) is 6.06. The molecule has 0 fully saturated rings. The van der Waals surface area contributed by atoms with Crippen LogP contribution in [-0.4, -0.2) is 9.38 Å². The first-order chi connectivity index (χ1) is 11.3. The highest BCUT2D eigenvalue weighted by molar-refractivity contribution is 9.10. The van der Waals surface area contributed by atoms with Crippen LogP contribution in [-0.2, 0) is 0 Å². The van der Waals surface area contributed by atoms with Gasteiger partial charge in [0.15, 0.2) is 0 Å². The van der Waals surface area contributed by atoms with Gasteiger partial charge in [-0.15, -0.1) is 0 Å². The number of nitrogens with one attached hydrogen (secondary N) is 1. The lowest BCUT2D eigenvalue weighted by molar-refractivity contribution is 1.18. The molecule has 0 spiro atoms. The lowest BCUT2D eigenvalue weighted by Crippen LogP contribution is -1.96. The highest BCUT2D eigenvalue weighted by atomic mass is 79.9. The Kier molecular flexibility index (Phi) is 3.60. The number of pyridine rings is 1. The van der Waals surface area contributed by atoms with Gasteiger partial charge in [0.05, 0.1) is 0 Å². The van der Waals surface area contributed by atoms with E-state index in [1.54, 1.807) is 0 Å². The molecule has 0 aliphatic carbocycles. The molecule has 3 nitrogen and oxygen atoms in total. The lowest BCUT2D eigenvalue weighted by Gasteiger charge is -2.09. The summed E-state index contributed by atoms with van der Waals surface area (Å²) in [7, 11) is 0. The van der Waals surface area contributed by atoms with Crippen molar-refractivity contribution in [2.45, 2.75) is 0 Å². The van der Waals surface area contributed by atoms with E-state index in [4.69, 9.17) is 4.98 Å². The molecule has 0 atom stereocenters. The fourth-order valence-electron chi connectivity index (χ4n) is 2.61. The zero-order valence-corrected chi connectivity index (χ0v) is 13.9. The van der Waals surface area contributed by atoms with Crippen molar-refractivity contribution >= 4 is 33.1 Å². The molecule has 0 aliphatic rings. The molecule has 4 heteroatoms. The second-order valence-electron chi connectivity index (χ2n) is 5.21. The number of para-hydroxylation sites is 1. The van der Waals surface area contributed by atoms with Crippen LogP contribution in [0.2, 0.25) is 0 Å². The molecule has 2 aromatic heterocycles. The summed E-state index contributed by atoms with van der Waals surface area (Å²) in [6.07, 6.45) is 2.02. The summed E-state index contributed by atoms with van der Waals surface area (Å²) in [6.45, 7) is 0. The maximum atomic E-state index is 4.81. The van der Waals surface area contributed by atoms with Crippen LogP contribution < -0.4 is 5.32 Å². The quantitative estimate of drug-likeness (QED) is 0.520. The van der Waals surface area contributed by atoms with Crippen LogP contribution in [0.5, 0.6) is 0 Å². The van der Waals surface area contributed by atoms with Crippen molar-refractivity contribution < 1.29 is 0 Å². The van der Waals surface area contributed by atoms with Crippen molar-refractivity contribution in [3.8, 4) is 11.3 Å². The Morgan fingerprint density at radius 2 is 1.57 bits per heavy atom. The summed E-state index contributed by atoms with van der Waals surface area (Å²) < 4.78 is 3.10. The Labute approximate surface area is 142 Å². The topological polar surface area (TPSA) is 29.3 Å².